The van der Waals surface area contributed by atoms with Gasteiger partial charge in [0.15, 0.2) is 0 Å². The van der Waals surface area contributed by atoms with Crippen LogP contribution in [0.25, 0.3) is 0 Å². The molecule has 16 heavy (non-hydrogen) atoms. The van der Waals surface area contributed by atoms with Gasteiger partial charge in [0, 0.05) is 18.9 Å². The summed E-state index contributed by atoms with van der Waals surface area (Å²) in [5.74, 6) is 0. The zero-order valence-electron chi connectivity index (χ0n) is 9.27. The summed E-state index contributed by atoms with van der Waals surface area (Å²) in [5, 5.41) is 18.7. The number of rotatable bonds is 3. The van der Waals surface area contributed by atoms with Gasteiger partial charge < -0.3 is 0 Å². The highest BCUT2D eigenvalue weighted by Gasteiger charge is 2.29. The Morgan fingerprint density at radius 3 is 2.62 bits per heavy atom. The predicted molar refractivity (Wildman–Crippen MR) is 61.8 cm³/mol. The molecule has 0 aliphatic heterocycles. The standard InChI is InChI=1S/C10H12ClN3O2/c1-7-8(11)5-4-6-9(7)12-13-10(2,3)14(15)16/h4-6H,1-3H3. The van der Waals surface area contributed by atoms with Gasteiger partial charge in [-0.05, 0) is 24.6 Å². The number of hydrogen-bond acceptors (Lipinski definition) is 4. The fourth-order valence-electron chi connectivity index (χ4n) is 0.917. The lowest BCUT2D eigenvalue weighted by atomic mass is 10.2. The summed E-state index contributed by atoms with van der Waals surface area (Å²) >= 11 is 5.89. The molecule has 6 heteroatoms. The van der Waals surface area contributed by atoms with Crippen LogP contribution in [0.2, 0.25) is 5.02 Å². The lowest BCUT2D eigenvalue weighted by Crippen LogP contribution is -2.27. The summed E-state index contributed by atoms with van der Waals surface area (Å²) in [6, 6.07) is 5.16. The van der Waals surface area contributed by atoms with Gasteiger partial charge in [-0.1, -0.05) is 17.7 Å². The third-order valence-electron chi connectivity index (χ3n) is 2.09. The van der Waals surface area contributed by atoms with Crippen molar-refractivity contribution in [1.82, 2.24) is 0 Å². The van der Waals surface area contributed by atoms with E-state index >= 15 is 0 Å². The van der Waals surface area contributed by atoms with Crippen LogP contribution in [0.5, 0.6) is 0 Å². The molecule has 86 valence electrons. The van der Waals surface area contributed by atoms with E-state index in [9.17, 15) is 10.1 Å². The lowest BCUT2D eigenvalue weighted by Gasteiger charge is -2.08. The van der Waals surface area contributed by atoms with Crippen molar-refractivity contribution in [3.05, 3.63) is 38.9 Å². The third kappa shape index (κ3) is 2.76. The first-order valence-corrected chi connectivity index (χ1v) is 5.05. The Balaban J connectivity index is 3.01. The van der Waals surface area contributed by atoms with Crippen LogP contribution in [-0.2, 0) is 0 Å². The van der Waals surface area contributed by atoms with Crippen molar-refractivity contribution in [2.24, 2.45) is 10.2 Å². The molecule has 0 unspecified atom stereocenters. The van der Waals surface area contributed by atoms with Crippen LogP contribution in [0.15, 0.2) is 28.4 Å². The maximum absolute atomic E-state index is 10.6. The van der Waals surface area contributed by atoms with Crippen LogP contribution < -0.4 is 0 Å². The SMILES string of the molecule is Cc1c(Cl)cccc1N=NC(C)(C)[N+](=O)[O-]. The molecule has 0 fully saturated rings. The first kappa shape index (κ1) is 12.6. The molecular weight excluding hydrogens is 230 g/mol. The molecular formula is C10H12ClN3O2. The van der Waals surface area contributed by atoms with Crippen LogP contribution in [0.4, 0.5) is 5.69 Å². The van der Waals surface area contributed by atoms with Crippen molar-refractivity contribution in [3.8, 4) is 0 Å². The minimum atomic E-state index is -1.42. The number of nitro groups is 1. The molecule has 0 heterocycles. The Kier molecular flexibility index (Phi) is 3.59. The Morgan fingerprint density at radius 2 is 2.06 bits per heavy atom. The van der Waals surface area contributed by atoms with Crippen molar-refractivity contribution in [3.63, 3.8) is 0 Å². The van der Waals surface area contributed by atoms with Gasteiger partial charge in [-0.2, -0.15) is 0 Å². The van der Waals surface area contributed by atoms with Gasteiger partial charge in [-0.25, -0.2) is 0 Å². The minimum Gasteiger partial charge on any atom is -0.262 e. The number of azo groups is 1. The van der Waals surface area contributed by atoms with E-state index in [1.807, 2.05) is 0 Å². The second kappa shape index (κ2) is 4.57. The summed E-state index contributed by atoms with van der Waals surface area (Å²) in [4.78, 5) is 10.1. The van der Waals surface area contributed by atoms with Crippen LogP contribution in [-0.4, -0.2) is 10.6 Å². The molecule has 1 rings (SSSR count). The van der Waals surface area contributed by atoms with Crippen LogP contribution in [0, 0.1) is 17.0 Å². The van der Waals surface area contributed by atoms with Gasteiger partial charge in [0.25, 0.3) is 0 Å². The molecule has 0 aromatic heterocycles. The lowest BCUT2D eigenvalue weighted by molar-refractivity contribution is -0.559. The van der Waals surface area contributed by atoms with E-state index < -0.39 is 10.6 Å². The summed E-state index contributed by atoms with van der Waals surface area (Å²) in [6.45, 7) is 4.56. The molecule has 0 amide bonds. The van der Waals surface area contributed by atoms with Crippen LogP contribution in [0.1, 0.15) is 19.4 Å². The highest BCUT2D eigenvalue weighted by molar-refractivity contribution is 6.31. The smallest absolute Gasteiger partial charge is 0.262 e. The van der Waals surface area contributed by atoms with E-state index in [1.54, 1.807) is 25.1 Å². The largest absolute Gasteiger partial charge is 0.324 e. The highest BCUT2D eigenvalue weighted by atomic mass is 35.5. The van der Waals surface area contributed by atoms with E-state index in [0.29, 0.717) is 10.7 Å². The van der Waals surface area contributed by atoms with Gasteiger partial charge in [0.1, 0.15) is 0 Å². The average molecular weight is 242 g/mol. The molecule has 0 radical (unpaired) electrons. The van der Waals surface area contributed by atoms with Crippen molar-refractivity contribution >= 4 is 17.3 Å². The Morgan fingerprint density at radius 1 is 1.44 bits per heavy atom. The van der Waals surface area contributed by atoms with Gasteiger partial charge in [-0.3, -0.25) is 10.1 Å². The quantitative estimate of drug-likeness (QED) is 0.459. The third-order valence-corrected chi connectivity index (χ3v) is 2.50. The number of halogens is 1. The van der Waals surface area contributed by atoms with Crippen LogP contribution in [0.3, 0.4) is 0 Å². The molecule has 0 aliphatic carbocycles. The zero-order valence-corrected chi connectivity index (χ0v) is 10.0. The number of hydrogen-bond donors (Lipinski definition) is 0. The topological polar surface area (TPSA) is 67.9 Å². The summed E-state index contributed by atoms with van der Waals surface area (Å²) in [5.41, 5.74) is -0.121. The maximum atomic E-state index is 10.6. The van der Waals surface area contributed by atoms with E-state index in [0.717, 1.165) is 5.56 Å². The first-order chi connectivity index (χ1) is 7.34. The molecule has 0 aliphatic rings. The molecule has 0 N–H and O–H groups in total. The Labute approximate surface area is 98.3 Å². The summed E-state index contributed by atoms with van der Waals surface area (Å²) in [6.07, 6.45) is 0. The zero-order chi connectivity index (χ0) is 12.3. The normalized spacial score (nSPS) is 12.0. The second-order valence-electron chi connectivity index (χ2n) is 3.84. The van der Waals surface area contributed by atoms with Crippen molar-refractivity contribution in [2.45, 2.75) is 26.4 Å². The summed E-state index contributed by atoms with van der Waals surface area (Å²) in [7, 11) is 0. The van der Waals surface area contributed by atoms with Gasteiger partial charge in [-0.15, -0.1) is 10.2 Å². The fraction of sp³-hybridized carbons (Fsp3) is 0.400. The minimum absolute atomic E-state index is 0.490. The van der Waals surface area contributed by atoms with Gasteiger partial charge in [0.2, 0.25) is 0 Å². The van der Waals surface area contributed by atoms with Crippen molar-refractivity contribution in [1.29, 1.82) is 0 Å². The molecule has 0 atom stereocenters. The molecule has 0 saturated heterocycles. The number of benzene rings is 1. The van der Waals surface area contributed by atoms with Crippen molar-refractivity contribution in [2.75, 3.05) is 0 Å². The van der Waals surface area contributed by atoms with E-state index in [2.05, 4.69) is 10.2 Å². The molecule has 0 bridgehead atoms. The van der Waals surface area contributed by atoms with Gasteiger partial charge in [0.05, 0.1) is 10.6 Å². The maximum Gasteiger partial charge on any atom is 0.324 e. The molecule has 1 aromatic rings. The molecule has 1 aromatic carbocycles. The Hall–Kier alpha value is -1.49. The fourth-order valence-corrected chi connectivity index (χ4v) is 1.09. The highest BCUT2D eigenvalue weighted by Crippen LogP contribution is 2.26. The molecule has 5 nitrogen and oxygen atoms in total. The number of nitrogens with zero attached hydrogens (tertiary/aromatic N) is 3. The second-order valence-corrected chi connectivity index (χ2v) is 4.24. The van der Waals surface area contributed by atoms with E-state index in [-0.39, 0.29) is 0 Å². The average Bonchev–Trinajstić information content (AvgIpc) is 2.20. The van der Waals surface area contributed by atoms with E-state index in [4.69, 9.17) is 11.6 Å². The van der Waals surface area contributed by atoms with Crippen LogP contribution >= 0.6 is 11.6 Å². The Bertz CT molecular complexity index is 444. The van der Waals surface area contributed by atoms with Gasteiger partial charge >= 0.3 is 5.66 Å². The molecule has 0 spiro atoms. The predicted octanol–water partition coefficient (Wildman–Crippen LogP) is 3.74. The van der Waals surface area contributed by atoms with Crippen molar-refractivity contribution < 1.29 is 4.92 Å². The molecule has 0 saturated carbocycles. The summed E-state index contributed by atoms with van der Waals surface area (Å²) < 4.78 is 0. The van der Waals surface area contributed by atoms with E-state index in [1.165, 1.54) is 13.8 Å². The monoisotopic (exact) mass is 241 g/mol. The first-order valence-electron chi connectivity index (χ1n) is 4.67.